The molecule has 1 aromatic heterocycles. The predicted octanol–water partition coefficient (Wildman–Crippen LogP) is 2.21. The minimum atomic E-state index is 0.477. The van der Waals surface area contributed by atoms with Gasteiger partial charge in [-0.2, -0.15) is 0 Å². The molecule has 0 bridgehead atoms. The topological polar surface area (TPSA) is 38.9 Å². The van der Waals surface area contributed by atoms with Crippen LogP contribution in [0.4, 0.5) is 0 Å². The van der Waals surface area contributed by atoms with Crippen molar-refractivity contribution in [2.24, 2.45) is 5.73 Å². The Morgan fingerprint density at radius 2 is 1.79 bits per heavy atom. The normalized spacial score (nSPS) is 10.1. The summed E-state index contributed by atoms with van der Waals surface area (Å²) in [6.45, 7) is 0.477. The first-order valence-corrected chi connectivity index (χ1v) is 4.61. The Balaban J connectivity index is 2.51. The molecule has 2 aromatic rings. The molecule has 1 aromatic carbocycles. The lowest BCUT2D eigenvalue weighted by Gasteiger charge is -2.05. The fourth-order valence-corrected chi connectivity index (χ4v) is 1.48. The average Bonchev–Trinajstić information content (AvgIpc) is 2.30. The molecule has 0 atom stereocenters. The number of pyridine rings is 1. The molecule has 1 heterocycles. The van der Waals surface area contributed by atoms with Crippen LogP contribution in [0.3, 0.4) is 0 Å². The number of nitrogens with two attached hydrogens (primary N) is 1. The minimum Gasteiger partial charge on any atom is -0.325 e. The first-order chi connectivity index (χ1) is 6.92. The zero-order chi connectivity index (χ0) is 9.80. The number of benzene rings is 1. The van der Waals surface area contributed by atoms with Crippen molar-refractivity contribution in [1.82, 2.24) is 4.98 Å². The highest BCUT2D eigenvalue weighted by Crippen LogP contribution is 2.20. The molecule has 2 rings (SSSR count). The van der Waals surface area contributed by atoms with E-state index in [2.05, 4.69) is 17.1 Å². The first-order valence-electron chi connectivity index (χ1n) is 4.61. The molecule has 0 spiro atoms. The summed E-state index contributed by atoms with van der Waals surface area (Å²) in [6.07, 6.45) is 1.77. The van der Waals surface area contributed by atoms with Gasteiger partial charge in [0.05, 0.1) is 5.69 Å². The zero-order valence-electron chi connectivity index (χ0n) is 7.85. The SMILES string of the molecule is NCc1ncccc1-c1ccccc1. The van der Waals surface area contributed by atoms with Crippen molar-refractivity contribution < 1.29 is 0 Å². The van der Waals surface area contributed by atoms with Gasteiger partial charge < -0.3 is 5.73 Å². The van der Waals surface area contributed by atoms with Gasteiger partial charge in [-0.3, -0.25) is 4.98 Å². The van der Waals surface area contributed by atoms with E-state index in [1.807, 2.05) is 30.3 Å². The third-order valence-electron chi connectivity index (χ3n) is 2.17. The molecule has 0 aliphatic rings. The summed E-state index contributed by atoms with van der Waals surface area (Å²) in [5.41, 5.74) is 8.86. The summed E-state index contributed by atoms with van der Waals surface area (Å²) >= 11 is 0. The maximum absolute atomic E-state index is 5.63. The highest BCUT2D eigenvalue weighted by Gasteiger charge is 2.02. The van der Waals surface area contributed by atoms with Crippen LogP contribution in [-0.4, -0.2) is 4.98 Å². The number of aromatic nitrogens is 1. The number of rotatable bonds is 2. The van der Waals surface area contributed by atoms with Crippen LogP contribution in [0.15, 0.2) is 48.7 Å². The molecule has 0 saturated carbocycles. The van der Waals surface area contributed by atoms with Crippen LogP contribution in [0.25, 0.3) is 11.1 Å². The molecule has 2 N–H and O–H groups in total. The van der Waals surface area contributed by atoms with Crippen LogP contribution >= 0.6 is 0 Å². The second kappa shape index (κ2) is 4.03. The maximum atomic E-state index is 5.63. The Morgan fingerprint density at radius 1 is 1.00 bits per heavy atom. The summed E-state index contributed by atoms with van der Waals surface area (Å²) in [4.78, 5) is 4.25. The molecule has 70 valence electrons. The van der Waals surface area contributed by atoms with Crippen LogP contribution < -0.4 is 5.73 Å². The van der Waals surface area contributed by atoms with E-state index in [4.69, 9.17) is 5.73 Å². The van der Waals surface area contributed by atoms with Crippen LogP contribution in [0.1, 0.15) is 5.69 Å². The highest BCUT2D eigenvalue weighted by atomic mass is 14.7. The lowest BCUT2D eigenvalue weighted by Crippen LogP contribution is -2.01. The molecule has 0 fully saturated rings. The molecular formula is C12H12N2. The van der Waals surface area contributed by atoms with E-state index in [0.29, 0.717) is 6.54 Å². The summed E-state index contributed by atoms with van der Waals surface area (Å²) in [6, 6.07) is 14.1. The van der Waals surface area contributed by atoms with Gasteiger partial charge in [-0.1, -0.05) is 36.4 Å². The van der Waals surface area contributed by atoms with Gasteiger partial charge in [-0.15, -0.1) is 0 Å². The summed E-state index contributed by atoms with van der Waals surface area (Å²) in [5, 5.41) is 0. The average molecular weight is 184 g/mol. The van der Waals surface area contributed by atoms with Gasteiger partial charge in [0.1, 0.15) is 0 Å². The molecule has 0 aliphatic heterocycles. The number of hydrogen-bond donors (Lipinski definition) is 1. The maximum Gasteiger partial charge on any atom is 0.0617 e. The van der Waals surface area contributed by atoms with Crippen LogP contribution in [0.2, 0.25) is 0 Å². The fraction of sp³-hybridized carbons (Fsp3) is 0.0833. The molecule has 2 nitrogen and oxygen atoms in total. The smallest absolute Gasteiger partial charge is 0.0617 e. The summed E-state index contributed by atoms with van der Waals surface area (Å²) < 4.78 is 0. The lowest BCUT2D eigenvalue weighted by atomic mass is 10.0. The van der Waals surface area contributed by atoms with Crippen molar-refractivity contribution in [2.45, 2.75) is 6.54 Å². The predicted molar refractivity (Wildman–Crippen MR) is 57.6 cm³/mol. The van der Waals surface area contributed by atoms with Crippen molar-refractivity contribution >= 4 is 0 Å². The van der Waals surface area contributed by atoms with Gasteiger partial charge in [0.2, 0.25) is 0 Å². The van der Waals surface area contributed by atoms with E-state index in [1.165, 1.54) is 5.56 Å². The van der Waals surface area contributed by atoms with Crippen LogP contribution in [0, 0.1) is 0 Å². The lowest BCUT2D eigenvalue weighted by molar-refractivity contribution is 0.994. The Kier molecular flexibility index (Phi) is 2.56. The van der Waals surface area contributed by atoms with Crippen molar-refractivity contribution in [3.63, 3.8) is 0 Å². The largest absolute Gasteiger partial charge is 0.325 e. The molecule has 0 amide bonds. The molecule has 14 heavy (non-hydrogen) atoms. The monoisotopic (exact) mass is 184 g/mol. The van der Waals surface area contributed by atoms with E-state index in [-0.39, 0.29) is 0 Å². The molecule has 0 unspecified atom stereocenters. The first kappa shape index (κ1) is 8.91. The van der Waals surface area contributed by atoms with Crippen molar-refractivity contribution in [1.29, 1.82) is 0 Å². The summed E-state index contributed by atoms with van der Waals surface area (Å²) in [5.74, 6) is 0. The van der Waals surface area contributed by atoms with Crippen molar-refractivity contribution in [3.8, 4) is 11.1 Å². The zero-order valence-corrected chi connectivity index (χ0v) is 7.85. The van der Waals surface area contributed by atoms with Gasteiger partial charge in [0.15, 0.2) is 0 Å². The quantitative estimate of drug-likeness (QED) is 0.777. The Morgan fingerprint density at radius 3 is 2.50 bits per heavy atom. The Bertz CT molecular complexity index is 410. The second-order valence-electron chi connectivity index (χ2n) is 3.07. The van der Waals surface area contributed by atoms with Gasteiger partial charge >= 0.3 is 0 Å². The van der Waals surface area contributed by atoms with Gasteiger partial charge in [-0.05, 0) is 11.6 Å². The number of hydrogen-bond acceptors (Lipinski definition) is 2. The van der Waals surface area contributed by atoms with Gasteiger partial charge in [-0.25, -0.2) is 0 Å². The molecule has 0 aliphatic carbocycles. The minimum absolute atomic E-state index is 0.477. The van der Waals surface area contributed by atoms with Crippen LogP contribution in [-0.2, 0) is 6.54 Å². The van der Waals surface area contributed by atoms with E-state index < -0.39 is 0 Å². The van der Waals surface area contributed by atoms with Gasteiger partial charge in [0.25, 0.3) is 0 Å². The Hall–Kier alpha value is -1.67. The third kappa shape index (κ3) is 1.65. The Labute approximate surface area is 83.4 Å². The molecule has 0 radical (unpaired) electrons. The van der Waals surface area contributed by atoms with Gasteiger partial charge in [0, 0.05) is 18.3 Å². The molecule has 2 heteroatoms. The van der Waals surface area contributed by atoms with Crippen LogP contribution in [0.5, 0.6) is 0 Å². The van der Waals surface area contributed by atoms with Crippen molar-refractivity contribution in [3.05, 3.63) is 54.4 Å². The molecule has 0 saturated heterocycles. The van der Waals surface area contributed by atoms with E-state index in [0.717, 1.165) is 11.3 Å². The highest BCUT2D eigenvalue weighted by molar-refractivity contribution is 5.65. The number of nitrogens with zero attached hydrogens (tertiary/aromatic N) is 1. The summed E-state index contributed by atoms with van der Waals surface area (Å²) in [7, 11) is 0. The third-order valence-corrected chi connectivity index (χ3v) is 2.17. The van der Waals surface area contributed by atoms with E-state index in [9.17, 15) is 0 Å². The fourth-order valence-electron chi connectivity index (χ4n) is 1.48. The van der Waals surface area contributed by atoms with Crippen molar-refractivity contribution in [2.75, 3.05) is 0 Å². The standard InChI is InChI=1S/C12H12N2/c13-9-12-11(7-4-8-14-12)10-5-2-1-3-6-10/h1-8H,9,13H2. The molecular weight excluding hydrogens is 172 g/mol. The van der Waals surface area contributed by atoms with E-state index >= 15 is 0 Å². The second-order valence-corrected chi connectivity index (χ2v) is 3.07. The van der Waals surface area contributed by atoms with E-state index in [1.54, 1.807) is 6.20 Å².